The van der Waals surface area contributed by atoms with E-state index in [-0.39, 0.29) is 17.0 Å². The van der Waals surface area contributed by atoms with Crippen molar-refractivity contribution >= 4 is 16.7 Å². The van der Waals surface area contributed by atoms with E-state index in [4.69, 9.17) is 0 Å². The zero-order valence-corrected chi connectivity index (χ0v) is 10.9. The smallest absolute Gasteiger partial charge is 0.296 e. The van der Waals surface area contributed by atoms with E-state index in [1.807, 2.05) is 6.07 Å². The molecule has 5 heteroatoms. The van der Waals surface area contributed by atoms with Gasteiger partial charge in [-0.1, -0.05) is 0 Å². The Kier molecular flexibility index (Phi) is 2.45. The maximum absolute atomic E-state index is 12.1. The van der Waals surface area contributed by atoms with Crippen LogP contribution < -0.4 is 11.2 Å². The van der Waals surface area contributed by atoms with Gasteiger partial charge in [0, 0.05) is 26.1 Å². The molecule has 1 aliphatic carbocycles. The monoisotopic (exact) mass is 258 g/mol. The number of hydrogen-bond donors (Lipinski definition) is 0. The van der Waals surface area contributed by atoms with Crippen molar-refractivity contribution in [1.82, 2.24) is 9.13 Å². The van der Waals surface area contributed by atoms with Gasteiger partial charge in [-0.15, -0.1) is 0 Å². The lowest BCUT2D eigenvalue weighted by atomic mass is 9.89. The number of carbonyl (C=O) groups excluding carboxylic acids is 1. The number of fused-ring (bicyclic) bond motifs is 2. The number of hydrogen-bond acceptors (Lipinski definition) is 3. The minimum absolute atomic E-state index is 0.0825. The van der Waals surface area contributed by atoms with Gasteiger partial charge in [0.25, 0.3) is 5.56 Å². The third-order valence-corrected chi connectivity index (χ3v) is 3.84. The second-order valence-electron chi connectivity index (χ2n) is 5.01. The second-order valence-corrected chi connectivity index (χ2v) is 5.01. The molecule has 0 amide bonds. The van der Waals surface area contributed by atoms with Crippen molar-refractivity contribution in [2.45, 2.75) is 19.3 Å². The van der Waals surface area contributed by atoms with Gasteiger partial charge in [-0.2, -0.15) is 0 Å². The Labute approximate surface area is 109 Å². The molecule has 1 heterocycles. The molecule has 5 nitrogen and oxygen atoms in total. The minimum atomic E-state index is -0.348. The molecule has 0 saturated carbocycles. The fraction of sp³-hybridized carbons (Fsp3) is 0.357. The highest BCUT2D eigenvalue weighted by molar-refractivity contribution is 6.01. The molecule has 0 saturated heterocycles. The van der Waals surface area contributed by atoms with Crippen molar-refractivity contribution in [3.8, 4) is 0 Å². The van der Waals surface area contributed by atoms with Crippen LogP contribution in [0.3, 0.4) is 0 Å². The lowest BCUT2D eigenvalue weighted by Crippen LogP contribution is -2.37. The molecule has 1 aliphatic rings. The summed E-state index contributed by atoms with van der Waals surface area (Å²) in [5.74, 6) is 0.0825. The summed E-state index contributed by atoms with van der Waals surface area (Å²) < 4.78 is 2.53. The number of rotatable bonds is 0. The fourth-order valence-corrected chi connectivity index (χ4v) is 2.72. The summed E-state index contributed by atoms with van der Waals surface area (Å²) in [6.07, 6.45) is 2.18. The van der Waals surface area contributed by atoms with E-state index in [0.29, 0.717) is 22.9 Å². The lowest BCUT2D eigenvalue weighted by molar-refractivity contribution is 0.0972. The Morgan fingerprint density at radius 3 is 2.47 bits per heavy atom. The van der Waals surface area contributed by atoms with E-state index in [1.165, 1.54) is 11.6 Å². The number of ketones is 1. The van der Waals surface area contributed by atoms with E-state index in [0.717, 1.165) is 23.0 Å². The normalized spacial score (nSPS) is 14.7. The highest BCUT2D eigenvalue weighted by Crippen LogP contribution is 2.24. The molecule has 0 spiro atoms. The summed E-state index contributed by atoms with van der Waals surface area (Å²) in [6, 6.07) is 3.46. The maximum Gasteiger partial charge on any atom is 0.330 e. The molecule has 0 unspecified atom stereocenters. The summed E-state index contributed by atoms with van der Waals surface area (Å²) in [4.78, 5) is 35.9. The average molecular weight is 258 g/mol. The largest absolute Gasteiger partial charge is 0.330 e. The number of benzene rings is 1. The van der Waals surface area contributed by atoms with Crippen LogP contribution in [0.2, 0.25) is 0 Å². The molecule has 98 valence electrons. The first-order chi connectivity index (χ1) is 9.00. The summed E-state index contributed by atoms with van der Waals surface area (Å²) in [6.45, 7) is 0. The molecule has 0 fully saturated rings. The molecule has 0 N–H and O–H groups in total. The Hall–Kier alpha value is -2.17. The first kappa shape index (κ1) is 11.9. The number of carbonyl (C=O) groups is 1. The molecular formula is C14H14N2O3. The van der Waals surface area contributed by atoms with Gasteiger partial charge in [0.15, 0.2) is 5.78 Å². The second kappa shape index (κ2) is 3.91. The topological polar surface area (TPSA) is 61.1 Å². The van der Waals surface area contributed by atoms with Crippen LogP contribution in [-0.4, -0.2) is 14.9 Å². The van der Waals surface area contributed by atoms with Crippen LogP contribution in [0, 0.1) is 0 Å². The van der Waals surface area contributed by atoms with Crippen LogP contribution >= 0.6 is 0 Å². The van der Waals surface area contributed by atoms with Crippen molar-refractivity contribution in [3.05, 3.63) is 44.1 Å². The van der Waals surface area contributed by atoms with Crippen LogP contribution in [0.25, 0.3) is 10.9 Å². The Balaban J connectivity index is 2.51. The van der Waals surface area contributed by atoms with Gasteiger partial charge in [0.2, 0.25) is 0 Å². The predicted molar refractivity (Wildman–Crippen MR) is 71.7 cm³/mol. The SMILES string of the molecule is Cn1c(=O)c2cc3c(cc2n(C)c1=O)CCCC3=O. The van der Waals surface area contributed by atoms with Crippen LogP contribution in [0.1, 0.15) is 28.8 Å². The van der Waals surface area contributed by atoms with E-state index in [2.05, 4.69) is 0 Å². The number of aromatic nitrogens is 2. The molecule has 19 heavy (non-hydrogen) atoms. The first-order valence-corrected chi connectivity index (χ1v) is 6.26. The minimum Gasteiger partial charge on any atom is -0.296 e. The van der Waals surface area contributed by atoms with E-state index < -0.39 is 0 Å². The average Bonchev–Trinajstić information content (AvgIpc) is 2.42. The Morgan fingerprint density at radius 2 is 1.74 bits per heavy atom. The zero-order valence-electron chi connectivity index (χ0n) is 10.9. The molecule has 3 rings (SSSR count). The standard InChI is InChI=1S/C14H14N2O3/c1-15-11-6-8-4-3-5-12(17)9(8)7-10(11)13(18)16(2)14(15)19/h6-7H,3-5H2,1-2H3. The molecule has 0 bridgehead atoms. The van der Waals surface area contributed by atoms with Crippen molar-refractivity contribution < 1.29 is 4.79 Å². The van der Waals surface area contributed by atoms with Crippen molar-refractivity contribution in [2.75, 3.05) is 0 Å². The van der Waals surface area contributed by atoms with E-state index in [1.54, 1.807) is 13.1 Å². The molecule has 2 aromatic rings. The number of Topliss-reactive ketones (excluding diaryl/α,β-unsaturated/α-hetero) is 1. The summed E-state index contributed by atoms with van der Waals surface area (Å²) in [5, 5.41) is 0.429. The molecule has 0 radical (unpaired) electrons. The van der Waals surface area contributed by atoms with Crippen LogP contribution in [0.4, 0.5) is 0 Å². The molecule has 1 aromatic heterocycles. The molecule has 0 aliphatic heterocycles. The third-order valence-electron chi connectivity index (χ3n) is 3.84. The van der Waals surface area contributed by atoms with E-state index >= 15 is 0 Å². The van der Waals surface area contributed by atoms with Crippen LogP contribution in [-0.2, 0) is 20.5 Å². The first-order valence-electron chi connectivity index (χ1n) is 6.26. The predicted octanol–water partition coefficient (Wildman–Crippen LogP) is 0.756. The zero-order chi connectivity index (χ0) is 13.7. The highest BCUT2D eigenvalue weighted by atomic mass is 16.2. The molecule has 1 aromatic carbocycles. The van der Waals surface area contributed by atoms with Gasteiger partial charge < -0.3 is 0 Å². The highest BCUT2D eigenvalue weighted by Gasteiger charge is 2.20. The Morgan fingerprint density at radius 1 is 1.00 bits per heavy atom. The molecular weight excluding hydrogens is 244 g/mol. The van der Waals surface area contributed by atoms with Gasteiger partial charge in [0.1, 0.15) is 0 Å². The van der Waals surface area contributed by atoms with Gasteiger partial charge in [-0.05, 0) is 30.5 Å². The Bertz CT molecular complexity index is 827. The summed E-state index contributed by atoms with van der Waals surface area (Å²) in [7, 11) is 3.09. The quantitative estimate of drug-likeness (QED) is 0.700. The third kappa shape index (κ3) is 1.58. The van der Waals surface area contributed by atoms with Gasteiger partial charge in [-0.25, -0.2) is 4.79 Å². The summed E-state index contributed by atoms with van der Waals surface area (Å²) in [5.41, 5.74) is 1.47. The van der Waals surface area contributed by atoms with Gasteiger partial charge >= 0.3 is 5.69 Å². The van der Waals surface area contributed by atoms with Crippen molar-refractivity contribution in [1.29, 1.82) is 0 Å². The number of nitrogens with zero attached hydrogens (tertiary/aromatic N) is 2. The maximum atomic E-state index is 12.1. The number of aryl methyl sites for hydroxylation is 2. The molecule has 0 atom stereocenters. The van der Waals surface area contributed by atoms with Crippen molar-refractivity contribution in [2.24, 2.45) is 14.1 Å². The van der Waals surface area contributed by atoms with Crippen LogP contribution in [0.15, 0.2) is 21.7 Å². The van der Waals surface area contributed by atoms with Crippen molar-refractivity contribution in [3.63, 3.8) is 0 Å². The summed E-state index contributed by atoms with van der Waals surface area (Å²) >= 11 is 0. The van der Waals surface area contributed by atoms with Gasteiger partial charge in [-0.3, -0.25) is 18.7 Å². The van der Waals surface area contributed by atoms with E-state index in [9.17, 15) is 14.4 Å². The lowest BCUT2D eigenvalue weighted by Gasteiger charge is -2.16. The van der Waals surface area contributed by atoms with Crippen LogP contribution in [0.5, 0.6) is 0 Å². The van der Waals surface area contributed by atoms with Gasteiger partial charge in [0.05, 0.1) is 10.9 Å². The fourth-order valence-electron chi connectivity index (χ4n) is 2.72.